The molecule has 35 heavy (non-hydrogen) atoms. The number of rotatable bonds is 6. The van der Waals surface area contributed by atoms with E-state index in [4.69, 9.17) is 10.5 Å². The van der Waals surface area contributed by atoms with Crippen molar-refractivity contribution >= 4 is 5.91 Å². The Balaban J connectivity index is 0.000000371. The van der Waals surface area contributed by atoms with Crippen LogP contribution in [0.1, 0.15) is 61.6 Å². The Morgan fingerprint density at radius 2 is 2.00 bits per heavy atom. The number of nitrogens with zero attached hydrogens (tertiary/aromatic N) is 6. The van der Waals surface area contributed by atoms with Crippen LogP contribution in [0.15, 0.2) is 42.6 Å². The van der Waals surface area contributed by atoms with Gasteiger partial charge in [-0.1, -0.05) is 45.4 Å². The highest BCUT2D eigenvalue weighted by Gasteiger charge is 2.37. The monoisotopic (exact) mass is 473 g/mol. The molecule has 2 aromatic heterocycles. The maximum absolute atomic E-state index is 12.8. The molecule has 2 aliphatic heterocycles. The molecule has 2 aliphatic rings. The van der Waals surface area contributed by atoms with E-state index in [0.29, 0.717) is 42.3 Å². The molecule has 8 heteroatoms. The normalized spacial score (nSPS) is 16.1. The van der Waals surface area contributed by atoms with Gasteiger partial charge in [-0.25, -0.2) is 4.98 Å². The van der Waals surface area contributed by atoms with Crippen LogP contribution in [0.3, 0.4) is 0 Å². The number of hydrogen-bond donors (Lipinski definition) is 1. The topological polar surface area (TPSA) is 109 Å². The first-order chi connectivity index (χ1) is 17.1. The Morgan fingerprint density at radius 1 is 1.20 bits per heavy atom. The van der Waals surface area contributed by atoms with Crippen LogP contribution in [0.25, 0.3) is 11.4 Å². The fraction of sp³-hybridized carbons (Fsp3) is 0.444. The summed E-state index contributed by atoms with van der Waals surface area (Å²) in [4.78, 5) is 25.0. The standard InChI is InChI=1S/C18H14N6O.C7H15N.C2H6/c19-8-12-3-5-21-16(7-12)15-2-1-13-9-24(18(25)17(13)22-15)14-4-6-23(10-14)11-20;1-3-4-5-6-7-8-2;1-2/h1-3,5,7,14H,4,6,9-10H2;5-6,8H,3-4,7H2,1-2H3;1-2H3/b;6-5-;. The molecule has 2 aromatic rings. The van der Waals surface area contributed by atoms with Gasteiger partial charge in [-0.3, -0.25) is 9.78 Å². The van der Waals surface area contributed by atoms with Gasteiger partial charge in [-0.15, -0.1) is 0 Å². The van der Waals surface area contributed by atoms with Gasteiger partial charge in [0.05, 0.1) is 29.1 Å². The zero-order chi connectivity index (χ0) is 25.6. The number of amides is 1. The van der Waals surface area contributed by atoms with Crippen LogP contribution in [0.5, 0.6) is 0 Å². The number of likely N-dealkylation sites (N-methyl/N-ethyl adjacent to an activating group) is 1. The average Bonchev–Trinajstić information content (AvgIpc) is 3.52. The molecule has 1 unspecified atom stereocenters. The zero-order valence-corrected chi connectivity index (χ0v) is 21.2. The van der Waals surface area contributed by atoms with E-state index in [-0.39, 0.29) is 11.9 Å². The minimum atomic E-state index is -0.0990. The van der Waals surface area contributed by atoms with Crippen molar-refractivity contribution in [2.45, 2.75) is 52.6 Å². The van der Waals surface area contributed by atoms with E-state index in [9.17, 15) is 4.79 Å². The van der Waals surface area contributed by atoms with Crippen LogP contribution in [0.4, 0.5) is 0 Å². The molecule has 1 N–H and O–H groups in total. The molecule has 4 heterocycles. The fourth-order valence-electron chi connectivity index (χ4n) is 3.84. The van der Waals surface area contributed by atoms with Crippen LogP contribution in [0.2, 0.25) is 0 Å². The number of hydrogen-bond acceptors (Lipinski definition) is 7. The average molecular weight is 474 g/mol. The molecule has 0 aliphatic carbocycles. The molecule has 1 amide bonds. The number of nitriles is 2. The van der Waals surface area contributed by atoms with Crippen LogP contribution >= 0.6 is 0 Å². The van der Waals surface area contributed by atoms with Crippen molar-refractivity contribution in [3.8, 4) is 23.7 Å². The second-order valence-corrected chi connectivity index (χ2v) is 7.99. The summed E-state index contributed by atoms with van der Waals surface area (Å²) in [5, 5.41) is 21.1. The van der Waals surface area contributed by atoms with Crippen molar-refractivity contribution in [2.75, 3.05) is 26.7 Å². The lowest BCUT2D eigenvalue weighted by Gasteiger charge is -2.22. The third-order valence-corrected chi connectivity index (χ3v) is 5.62. The molecule has 184 valence electrons. The van der Waals surface area contributed by atoms with Crippen molar-refractivity contribution < 1.29 is 4.79 Å². The van der Waals surface area contributed by atoms with Gasteiger partial charge in [-0.2, -0.15) is 10.5 Å². The predicted molar refractivity (Wildman–Crippen MR) is 137 cm³/mol. The van der Waals surface area contributed by atoms with E-state index in [0.717, 1.165) is 18.5 Å². The first-order valence-electron chi connectivity index (χ1n) is 12.2. The highest BCUT2D eigenvalue weighted by atomic mass is 16.2. The Bertz CT molecular complexity index is 1080. The third-order valence-electron chi connectivity index (χ3n) is 5.62. The number of allylic oxidation sites excluding steroid dienone is 1. The first kappa shape index (κ1) is 27.5. The summed E-state index contributed by atoms with van der Waals surface area (Å²) in [7, 11) is 1.95. The number of fused-ring (bicyclic) bond motifs is 1. The second-order valence-electron chi connectivity index (χ2n) is 7.99. The van der Waals surface area contributed by atoms with Gasteiger partial charge >= 0.3 is 0 Å². The van der Waals surface area contributed by atoms with Crippen molar-refractivity contribution in [3.63, 3.8) is 0 Å². The van der Waals surface area contributed by atoms with Crippen molar-refractivity contribution in [1.29, 1.82) is 10.5 Å². The molecule has 1 saturated heterocycles. The summed E-state index contributed by atoms with van der Waals surface area (Å²) in [5.74, 6) is -0.0990. The maximum Gasteiger partial charge on any atom is 0.273 e. The van der Waals surface area contributed by atoms with Crippen LogP contribution in [-0.4, -0.2) is 58.4 Å². The zero-order valence-electron chi connectivity index (χ0n) is 21.2. The van der Waals surface area contributed by atoms with Crippen LogP contribution in [0, 0.1) is 22.8 Å². The van der Waals surface area contributed by atoms with Gasteiger partial charge in [0, 0.05) is 37.9 Å². The molecule has 0 spiro atoms. The van der Waals surface area contributed by atoms with Crippen molar-refractivity contribution in [3.05, 3.63) is 59.4 Å². The highest BCUT2D eigenvalue weighted by Crippen LogP contribution is 2.29. The van der Waals surface area contributed by atoms with E-state index < -0.39 is 0 Å². The number of pyridine rings is 2. The Kier molecular flexibility index (Phi) is 11.4. The predicted octanol–water partition coefficient (Wildman–Crippen LogP) is 4.11. The number of unbranched alkanes of at least 4 members (excludes halogenated alkanes) is 1. The largest absolute Gasteiger partial charge is 0.328 e. The molecule has 0 bridgehead atoms. The SMILES string of the molecule is CC.CCC/C=C\CNC.N#Cc1ccnc(-c2ccc3c(n2)C(=O)N(C2CCN(C#N)C2)C3)c1. The summed E-state index contributed by atoms with van der Waals surface area (Å²) in [5.41, 5.74) is 2.99. The first-order valence-corrected chi connectivity index (χ1v) is 12.2. The summed E-state index contributed by atoms with van der Waals surface area (Å²) in [6, 6.07) is 9.14. The number of nitrogens with one attached hydrogen (secondary N) is 1. The number of aromatic nitrogens is 2. The van der Waals surface area contributed by atoms with Gasteiger partial charge in [0.2, 0.25) is 0 Å². The smallest absolute Gasteiger partial charge is 0.273 e. The van der Waals surface area contributed by atoms with Gasteiger partial charge in [0.1, 0.15) is 5.69 Å². The molecule has 0 saturated carbocycles. The second kappa shape index (κ2) is 14.5. The molecule has 0 aromatic carbocycles. The minimum Gasteiger partial charge on any atom is -0.328 e. The maximum atomic E-state index is 12.8. The minimum absolute atomic E-state index is 0.0461. The van der Waals surface area contributed by atoms with E-state index in [1.54, 1.807) is 28.1 Å². The lowest BCUT2D eigenvalue weighted by molar-refractivity contribution is 0.0707. The molecule has 4 rings (SSSR count). The van der Waals surface area contributed by atoms with Crippen LogP contribution in [-0.2, 0) is 6.54 Å². The molecule has 8 nitrogen and oxygen atoms in total. The molecule has 0 radical (unpaired) electrons. The molecule has 1 atom stereocenters. The van der Waals surface area contributed by atoms with Gasteiger partial charge < -0.3 is 15.1 Å². The number of carbonyl (C=O) groups excluding carboxylic acids is 1. The van der Waals surface area contributed by atoms with E-state index >= 15 is 0 Å². The van der Waals surface area contributed by atoms with Crippen molar-refractivity contribution in [2.24, 2.45) is 0 Å². The van der Waals surface area contributed by atoms with Gasteiger partial charge in [0.15, 0.2) is 6.19 Å². The Labute approximate surface area is 208 Å². The Hall–Kier alpha value is -3.75. The highest BCUT2D eigenvalue weighted by molar-refractivity contribution is 5.97. The lowest BCUT2D eigenvalue weighted by atomic mass is 10.1. The lowest BCUT2D eigenvalue weighted by Crippen LogP contribution is -2.37. The third kappa shape index (κ3) is 7.37. The van der Waals surface area contributed by atoms with Gasteiger partial charge in [0.25, 0.3) is 5.91 Å². The van der Waals surface area contributed by atoms with Crippen LogP contribution < -0.4 is 5.32 Å². The summed E-state index contributed by atoms with van der Waals surface area (Å²) in [6.45, 7) is 8.97. The van der Waals surface area contributed by atoms with Crippen molar-refractivity contribution in [1.82, 2.24) is 25.1 Å². The molecular formula is C27H35N7O. The summed E-state index contributed by atoms with van der Waals surface area (Å²) < 4.78 is 0. The summed E-state index contributed by atoms with van der Waals surface area (Å²) >= 11 is 0. The van der Waals surface area contributed by atoms with Gasteiger partial charge in [-0.05, 0) is 38.1 Å². The van der Waals surface area contributed by atoms with E-state index in [1.807, 2.05) is 33.0 Å². The van der Waals surface area contributed by atoms with E-state index in [2.05, 4.69) is 46.6 Å². The fourth-order valence-corrected chi connectivity index (χ4v) is 3.84. The van der Waals surface area contributed by atoms with E-state index in [1.165, 1.54) is 12.8 Å². The quantitative estimate of drug-likeness (QED) is 0.496. The summed E-state index contributed by atoms with van der Waals surface area (Å²) in [6.07, 6.45) is 11.3. The molecule has 1 fully saturated rings. The number of carbonyl (C=O) groups is 1. The molecular weight excluding hydrogens is 438 g/mol. The number of likely N-dealkylation sites (tertiary alicyclic amines) is 1. The Morgan fingerprint density at radius 3 is 2.66 bits per heavy atom.